The fourth-order valence-corrected chi connectivity index (χ4v) is 4.09. The van der Waals surface area contributed by atoms with Gasteiger partial charge in [-0.2, -0.15) is 0 Å². The zero-order valence-corrected chi connectivity index (χ0v) is 11.7. The Morgan fingerprint density at radius 1 is 1.00 bits per heavy atom. The van der Waals surface area contributed by atoms with E-state index in [9.17, 15) is 4.79 Å². The van der Waals surface area contributed by atoms with Crippen molar-refractivity contribution >= 4 is 23.1 Å². The van der Waals surface area contributed by atoms with E-state index in [-0.39, 0.29) is 5.91 Å². The summed E-state index contributed by atoms with van der Waals surface area (Å²) < 4.78 is 0. The number of amides is 1. The Balaban J connectivity index is 1.63. The smallest absolute Gasteiger partial charge is 0.235 e. The predicted molar refractivity (Wildman–Crippen MR) is 75.2 cm³/mol. The van der Waals surface area contributed by atoms with Crippen molar-refractivity contribution in [3.8, 4) is 0 Å². The molecule has 0 radical (unpaired) electrons. The van der Waals surface area contributed by atoms with Crippen LogP contribution in [-0.4, -0.2) is 28.9 Å². The number of hydrogen-bond donors (Lipinski definition) is 1. The normalized spacial score (nSPS) is 28.3. The van der Waals surface area contributed by atoms with Gasteiger partial charge in [0.1, 0.15) is 0 Å². The second-order valence-corrected chi connectivity index (χ2v) is 6.89. The fraction of sp³-hybridized carbons (Fsp3) is 0.857. The molecule has 1 saturated heterocycles. The highest BCUT2D eigenvalue weighted by molar-refractivity contribution is 7.80. The van der Waals surface area contributed by atoms with E-state index in [1.165, 1.54) is 38.5 Å². The average molecular weight is 266 g/mol. The highest BCUT2D eigenvalue weighted by Crippen LogP contribution is 2.50. The minimum atomic E-state index is -0.449. The Hall–Kier alpha value is -0.640. The molecule has 0 aromatic rings. The van der Waals surface area contributed by atoms with E-state index in [0.29, 0.717) is 10.4 Å². The number of hydrogen-bond acceptors (Lipinski definition) is 2. The van der Waals surface area contributed by atoms with E-state index in [2.05, 4.69) is 0 Å². The van der Waals surface area contributed by atoms with Crippen LogP contribution in [0.4, 0.5) is 0 Å². The molecule has 2 aliphatic carbocycles. The lowest BCUT2D eigenvalue weighted by Crippen LogP contribution is -2.48. The molecule has 3 nitrogen and oxygen atoms in total. The highest BCUT2D eigenvalue weighted by atomic mass is 32.1. The Morgan fingerprint density at radius 2 is 1.56 bits per heavy atom. The molecule has 0 aromatic heterocycles. The zero-order valence-electron chi connectivity index (χ0n) is 10.9. The maximum atomic E-state index is 12.5. The van der Waals surface area contributed by atoms with Gasteiger partial charge in [-0.1, -0.05) is 25.1 Å². The first kappa shape index (κ1) is 12.4. The number of carbonyl (C=O) groups is 1. The fourth-order valence-electron chi connectivity index (χ4n) is 3.80. The van der Waals surface area contributed by atoms with E-state index in [0.717, 1.165) is 25.9 Å². The van der Waals surface area contributed by atoms with Crippen LogP contribution >= 0.6 is 12.2 Å². The third-order valence-corrected chi connectivity index (χ3v) is 5.80. The quantitative estimate of drug-likeness (QED) is 0.780. The van der Waals surface area contributed by atoms with Crippen molar-refractivity contribution in [1.82, 2.24) is 4.90 Å². The topological polar surface area (TPSA) is 46.3 Å². The van der Waals surface area contributed by atoms with Crippen LogP contribution in [0.15, 0.2) is 0 Å². The van der Waals surface area contributed by atoms with E-state index >= 15 is 0 Å². The summed E-state index contributed by atoms with van der Waals surface area (Å²) in [5, 5.41) is 0. The van der Waals surface area contributed by atoms with Crippen LogP contribution in [0.5, 0.6) is 0 Å². The van der Waals surface area contributed by atoms with Crippen molar-refractivity contribution in [2.75, 3.05) is 13.1 Å². The van der Waals surface area contributed by atoms with Crippen LogP contribution in [0.25, 0.3) is 0 Å². The van der Waals surface area contributed by atoms with Gasteiger partial charge in [-0.05, 0) is 43.9 Å². The number of rotatable bonds is 2. The zero-order chi connectivity index (χ0) is 12.8. The molecule has 0 unspecified atom stereocenters. The van der Waals surface area contributed by atoms with E-state index in [1.807, 2.05) is 4.90 Å². The molecular formula is C14H22N2OS. The molecule has 0 aromatic carbocycles. The number of carbonyl (C=O) groups excluding carboxylic acids is 1. The molecule has 3 aliphatic rings. The van der Waals surface area contributed by atoms with Gasteiger partial charge in [0, 0.05) is 13.1 Å². The Bertz CT molecular complexity index is 373. The first-order chi connectivity index (χ1) is 8.58. The van der Waals surface area contributed by atoms with Crippen LogP contribution in [0, 0.1) is 10.8 Å². The van der Waals surface area contributed by atoms with Gasteiger partial charge in [0.2, 0.25) is 5.91 Å². The van der Waals surface area contributed by atoms with Crippen molar-refractivity contribution in [1.29, 1.82) is 0 Å². The molecule has 4 heteroatoms. The summed E-state index contributed by atoms with van der Waals surface area (Å²) in [6.07, 6.45) is 9.60. The molecule has 3 fully saturated rings. The molecule has 100 valence electrons. The van der Waals surface area contributed by atoms with Crippen LogP contribution in [0.1, 0.15) is 51.4 Å². The Morgan fingerprint density at radius 3 is 2.00 bits per heavy atom. The van der Waals surface area contributed by atoms with Crippen molar-refractivity contribution in [3.63, 3.8) is 0 Å². The van der Waals surface area contributed by atoms with Gasteiger partial charge in [-0.25, -0.2) is 0 Å². The van der Waals surface area contributed by atoms with Gasteiger partial charge in [0.05, 0.1) is 10.4 Å². The SMILES string of the molecule is NC(=S)C1(C(=O)N2CCC3(CCCC3)CC2)CC1. The molecule has 1 amide bonds. The second-order valence-electron chi connectivity index (χ2n) is 6.45. The first-order valence-corrected chi connectivity index (χ1v) is 7.58. The number of thiocarbonyl (C=S) groups is 1. The largest absolute Gasteiger partial charge is 0.392 e. The summed E-state index contributed by atoms with van der Waals surface area (Å²) in [6, 6.07) is 0. The Labute approximate surface area is 114 Å². The molecule has 0 atom stereocenters. The summed E-state index contributed by atoms with van der Waals surface area (Å²) >= 11 is 5.07. The second kappa shape index (κ2) is 4.19. The van der Waals surface area contributed by atoms with Gasteiger partial charge < -0.3 is 10.6 Å². The molecule has 1 aliphatic heterocycles. The van der Waals surface area contributed by atoms with Crippen LogP contribution in [-0.2, 0) is 4.79 Å². The third kappa shape index (κ3) is 1.85. The Kier molecular flexibility index (Phi) is 2.88. The number of piperidine rings is 1. The maximum absolute atomic E-state index is 12.5. The van der Waals surface area contributed by atoms with E-state index in [4.69, 9.17) is 18.0 Å². The summed E-state index contributed by atoms with van der Waals surface area (Å²) in [4.78, 5) is 14.9. The number of likely N-dealkylation sites (tertiary alicyclic amines) is 1. The molecule has 2 saturated carbocycles. The van der Waals surface area contributed by atoms with Crippen LogP contribution in [0.3, 0.4) is 0 Å². The number of nitrogens with two attached hydrogens (primary N) is 1. The molecule has 1 spiro atoms. The monoisotopic (exact) mass is 266 g/mol. The van der Waals surface area contributed by atoms with Crippen molar-refractivity contribution in [2.45, 2.75) is 51.4 Å². The van der Waals surface area contributed by atoms with Crippen molar-refractivity contribution < 1.29 is 4.79 Å². The summed E-state index contributed by atoms with van der Waals surface area (Å²) in [7, 11) is 0. The van der Waals surface area contributed by atoms with Crippen LogP contribution in [0.2, 0.25) is 0 Å². The van der Waals surface area contributed by atoms with Gasteiger partial charge in [0.25, 0.3) is 0 Å². The van der Waals surface area contributed by atoms with Gasteiger partial charge in [-0.15, -0.1) is 0 Å². The van der Waals surface area contributed by atoms with E-state index in [1.54, 1.807) is 0 Å². The molecule has 2 N–H and O–H groups in total. The summed E-state index contributed by atoms with van der Waals surface area (Å²) in [6.45, 7) is 1.84. The van der Waals surface area contributed by atoms with Crippen molar-refractivity contribution in [2.24, 2.45) is 16.6 Å². The lowest BCUT2D eigenvalue weighted by Gasteiger charge is -2.40. The van der Waals surface area contributed by atoms with Crippen molar-refractivity contribution in [3.05, 3.63) is 0 Å². The minimum absolute atomic E-state index is 0.211. The molecule has 0 bridgehead atoms. The number of nitrogens with zero attached hydrogens (tertiary/aromatic N) is 1. The molecule has 18 heavy (non-hydrogen) atoms. The lowest BCUT2D eigenvalue weighted by atomic mass is 9.77. The van der Waals surface area contributed by atoms with Gasteiger partial charge in [0.15, 0.2) is 0 Å². The standard InChI is InChI=1S/C14H22N2OS/c15-11(18)14(5-6-14)12(17)16-9-7-13(8-10-16)3-1-2-4-13/h1-10H2,(H2,15,18). The predicted octanol–water partition coefficient (Wildman–Crippen LogP) is 2.24. The molecular weight excluding hydrogens is 244 g/mol. The molecule has 1 heterocycles. The van der Waals surface area contributed by atoms with E-state index < -0.39 is 5.41 Å². The van der Waals surface area contributed by atoms with Crippen LogP contribution < -0.4 is 5.73 Å². The lowest BCUT2D eigenvalue weighted by molar-refractivity contribution is -0.136. The summed E-state index contributed by atoms with van der Waals surface area (Å²) in [5.74, 6) is 0.211. The summed E-state index contributed by atoms with van der Waals surface area (Å²) in [5.41, 5.74) is 5.86. The van der Waals surface area contributed by atoms with Gasteiger partial charge >= 0.3 is 0 Å². The average Bonchev–Trinajstić information content (AvgIpc) is 3.07. The highest BCUT2D eigenvalue weighted by Gasteiger charge is 2.55. The third-order valence-electron chi connectivity index (χ3n) is 5.41. The minimum Gasteiger partial charge on any atom is -0.392 e. The molecule has 3 rings (SSSR count). The first-order valence-electron chi connectivity index (χ1n) is 7.17. The maximum Gasteiger partial charge on any atom is 0.235 e. The van der Waals surface area contributed by atoms with Gasteiger partial charge in [-0.3, -0.25) is 4.79 Å².